The summed E-state index contributed by atoms with van der Waals surface area (Å²) in [6.07, 6.45) is -4.72. The highest BCUT2D eigenvalue weighted by Gasteiger charge is 2.31. The summed E-state index contributed by atoms with van der Waals surface area (Å²) in [6.45, 7) is 1.24. The molecule has 1 atom stereocenters. The number of rotatable bonds is 5. The maximum absolute atomic E-state index is 14.3. The van der Waals surface area contributed by atoms with Crippen molar-refractivity contribution in [3.8, 4) is 17.0 Å². The normalized spacial score (nSPS) is 12.4. The third-order valence-electron chi connectivity index (χ3n) is 3.58. The molecule has 1 amide bonds. The molecule has 0 radical (unpaired) electrons. The zero-order valence-corrected chi connectivity index (χ0v) is 14.1. The Morgan fingerprint density at radius 3 is 2.41 bits per heavy atom. The molecule has 2 aromatic rings. The Balaban J connectivity index is 2.47. The Hall–Kier alpha value is -3.17. The molecule has 0 fully saturated rings. The average Bonchev–Trinajstić information content (AvgIpc) is 2.60. The molecule has 1 unspecified atom stereocenters. The van der Waals surface area contributed by atoms with Crippen LogP contribution in [0.4, 0.5) is 17.6 Å². The van der Waals surface area contributed by atoms with Crippen LogP contribution in [0.2, 0.25) is 0 Å². The van der Waals surface area contributed by atoms with E-state index in [1.54, 1.807) is 0 Å². The summed E-state index contributed by atoms with van der Waals surface area (Å²) < 4.78 is 57.4. The van der Waals surface area contributed by atoms with Crippen molar-refractivity contribution in [1.82, 2.24) is 10.3 Å². The van der Waals surface area contributed by atoms with Crippen LogP contribution in [0.1, 0.15) is 23.0 Å². The molecule has 0 aliphatic rings. The van der Waals surface area contributed by atoms with E-state index < -0.39 is 35.5 Å². The van der Waals surface area contributed by atoms with Crippen LogP contribution in [-0.2, 0) is 11.0 Å². The second kappa shape index (κ2) is 7.60. The molecule has 2 rings (SSSR count). The van der Waals surface area contributed by atoms with Crippen LogP contribution >= 0.6 is 0 Å². The highest BCUT2D eigenvalue weighted by molar-refractivity contribution is 5.95. The van der Waals surface area contributed by atoms with E-state index in [1.165, 1.54) is 26.2 Å². The van der Waals surface area contributed by atoms with Crippen molar-refractivity contribution in [3.63, 3.8) is 0 Å². The number of carboxylic acids is 1. The molecule has 0 saturated carbocycles. The van der Waals surface area contributed by atoms with Crippen molar-refractivity contribution in [2.75, 3.05) is 7.11 Å². The van der Waals surface area contributed by atoms with Gasteiger partial charge in [0.2, 0.25) is 0 Å². The smallest absolute Gasteiger partial charge is 0.416 e. The van der Waals surface area contributed by atoms with E-state index in [0.29, 0.717) is 12.1 Å². The summed E-state index contributed by atoms with van der Waals surface area (Å²) >= 11 is 0. The Morgan fingerprint density at radius 2 is 1.89 bits per heavy atom. The SMILES string of the molecule is COc1ccc(C(=O)NC(C)C(=O)O)nc1-c1ccc(C(F)(F)F)cc1F. The van der Waals surface area contributed by atoms with Crippen LogP contribution in [0.15, 0.2) is 30.3 Å². The first-order valence-electron chi connectivity index (χ1n) is 7.50. The summed E-state index contributed by atoms with van der Waals surface area (Å²) in [4.78, 5) is 26.8. The lowest BCUT2D eigenvalue weighted by atomic mass is 10.1. The number of alkyl halides is 3. The molecule has 1 heterocycles. The number of aliphatic carboxylic acids is 1. The molecule has 10 heteroatoms. The molecule has 0 spiro atoms. The first-order valence-corrected chi connectivity index (χ1v) is 7.50. The zero-order valence-electron chi connectivity index (χ0n) is 14.1. The minimum absolute atomic E-state index is 0.0245. The van der Waals surface area contributed by atoms with E-state index in [1.807, 2.05) is 0 Å². The van der Waals surface area contributed by atoms with Crippen LogP contribution < -0.4 is 10.1 Å². The van der Waals surface area contributed by atoms with E-state index in [2.05, 4.69) is 10.3 Å². The van der Waals surface area contributed by atoms with E-state index >= 15 is 0 Å². The number of ether oxygens (including phenoxy) is 1. The Morgan fingerprint density at radius 1 is 1.22 bits per heavy atom. The maximum atomic E-state index is 14.3. The fourth-order valence-corrected chi connectivity index (χ4v) is 2.15. The number of benzene rings is 1. The Labute approximate surface area is 150 Å². The fourth-order valence-electron chi connectivity index (χ4n) is 2.15. The predicted molar refractivity (Wildman–Crippen MR) is 85.7 cm³/mol. The lowest BCUT2D eigenvalue weighted by Crippen LogP contribution is -2.38. The lowest BCUT2D eigenvalue weighted by Gasteiger charge is -2.13. The molecule has 0 aliphatic carbocycles. The van der Waals surface area contributed by atoms with E-state index in [-0.39, 0.29) is 22.7 Å². The molecule has 0 saturated heterocycles. The van der Waals surface area contributed by atoms with Gasteiger partial charge >= 0.3 is 12.1 Å². The molecule has 1 aromatic carbocycles. The zero-order chi connectivity index (χ0) is 20.4. The number of nitrogens with zero attached hydrogens (tertiary/aromatic N) is 1. The van der Waals surface area contributed by atoms with Crippen molar-refractivity contribution >= 4 is 11.9 Å². The second-order valence-corrected chi connectivity index (χ2v) is 5.47. The third kappa shape index (κ3) is 4.52. The monoisotopic (exact) mass is 386 g/mol. The van der Waals surface area contributed by atoms with Crippen molar-refractivity contribution < 1.29 is 37.0 Å². The van der Waals surface area contributed by atoms with Gasteiger partial charge in [-0.2, -0.15) is 13.2 Å². The van der Waals surface area contributed by atoms with Gasteiger partial charge in [0, 0.05) is 5.56 Å². The summed E-state index contributed by atoms with van der Waals surface area (Å²) in [5.74, 6) is -3.30. The molecule has 0 aliphatic heterocycles. The molecule has 144 valence electrons. The van der Waals surface area contributed by atoms with E-state index in [0.717, 1.165) is 6.07 Å². The van der Waals surface area contributed by atoms with Crippen LogP contribution in [0.25, 0.3) is 11.3 Å². The van der Waals surface area contributed by atoms with Crippen molar-refractivity contribution in [2.24, 2.45) is 0 Å². The number of halogens is 4. The number of methoxy groups -OCH3 is 1. The number of carboxylic acid groups (broad SMARTS) is 1. The number of hydrogen-bond acceptors (Lipinski definition) is 4. The van der Waals surface area contributed by atoms with Gasteiger partial charge in [0.15, 0.2) is 0 Å². The Bertz CT molecular complexity index is 884. The molecule has 2 N–H and O–H groups in total. The fraction of sp³-hybridized carbons (Fsp3) is 0.235. The minimum Gasteiger partial charge on any atom is -0.494 e. The van der Waals surface area contributed by atoms with Gasteiger partial charge in [0.05, 0.1) is 12.7 Å². The van der Waals surface area contributed by atoms with Crippen LogP contribution in [0.5, 0.6) is 5.75 Å². The van der Waals surface area contributed by atoms with Gasteiger partial charge in [-0.15, -0.1) is 0 Å². The van der Waals surface area contributed by atoms with Gasteiger partial charge in [0.25, 0.3) is 5.91 Å². The number of amides is 1. The van der Waals surface area contributed by atoms with Crippen LogP contribution in [-0.4, -0.2) is 35.1 Å². The van der Waals surface area contributed by atoms with Gasteiger partial charge in [-0.3, -0.25) is 9.59 Å². The molecule has 6 nitrogen and oxygen atoms in total. The number of carbonyl (C=O) groups excluding carboxylic acids is 1. The summed E-state index contributed by atoms with van der Waals surface area (Å²) in [5, 5.41) is 11.0. The minimum atomic E-state index is -4.72. The number of hydrogen-bond donors (Lipinski definition) is 2. The third-order valence-corrected chi connectivity index (χ3v) is 3.58. The van der Waals surface area contributed by atoms with Gasteiger partial charge in [-0.05, 0) is 37.3 Å². The topological polar surface area (TPSA) is 88.5 Å². The number of pyridine rings is 1. The standard InChI is InChI=1S/C17H14F4N2O4/c1-8(16(25)26)22-15(24)12-5-6-13(27-2)14(23-12)10-4-3-9(7-11(10)18)17(19,20)21/h3-8H,1-2H3,(H,22,24)(H,25,26). The number of carbonyl (C=O) groups is 2. The molecular formula is C17H14F4N2O4. The predicted octanol–water partition coefficient (Wildman–Crippen LogP) is 3.12. The van der Waals surface area contributed by atoms with Gasteiger partial charge in [-0.25, -0.2) is 9.37 Å². The summed E-state index contributed by atoms with van der Waals surface area (Å²) in [6, 6.07) is 3.17. The van der Waals surface area contributed by atoms with Gasteiger partial charge in [-0.1, -0.05) is 0 Å². The van der Waals surface area contributed by atoms with Crippen LogP contribution in [0.3, 0.4) is 0 Å². The second-order valence-electron chi connectivity index (χ2n) is 5.47. The molecular weight excluding hydrogens is 372 g/mol. The van der Waals surface area contributed by atoms with Crippen molar-refractivity contribution in [1.29, 1.82) is 0 Å². The molecule has 0 bridgehead atoms. The first-order chi connectivity index (χ1) is 12.5. The summed E-state index contributed by atoms with van der Waals surface area (Å²) in [7, 11) is 1.24. The van der Waals surface area contributed by atoms with Gasteiger partial charge in [0.1, 0.15) is 29.0 Å². The van der Waals surface area contributed by atoms with E-state index in [4.69, 9.17) is 9.84 Å². The lowest BCUT2D eigenvalue weighted by molar-refractivity contribution is -0.139. The highest BCUT2D eigenvalue weighted by atomic mass is 19.4. The summed E-state index contributed by atoms with van der Waals surface area (Å²) in [5.41, 5.74) is -1.93. The molecule has 27 heavy (non-hydrogen) atoms. The largest absolute Gasteiger partial charge is 0.494 e. The average molecular weight is 386 g/mol. The quantitative estimate of drug-likeness (QED) is 0.771. The van der Waals surface area contributed by atoms with E-state index in [9.17, 15) is 27.2 Å². The van der Waals surface area contributed by atoms with Crippen LogP contribution in [0, 0.1) is 5.82 Å². The Kier molecular flexibility index (Phi) is 5.67. The maximum Gasteiger partial charge on any atom is 0.416 e. The number of nitrogens with one attached hydrogen (secondary N) is 1. The van der Waals surface area contributed by atoms with Crippen molar-refractivity contribution in [2.45, 2.75) is 19.1 Å². The first kappa shape index (κ1) is 20.1. The molecule has 1 aromatic heterocycles. The van der Waals surface area contributed by atoms with Crippen molar-refractivity contribution in [3.05, 3.63) is 47.4 Å². The number of aromatic nitrogens is 1. The highest BCUT2D eigenvalue weighted by Crippen LogP contribution is 2.35. The van der Waals surface area contributed by atoms with Gasteiger partial charge < -0.3 is 15.2 Å².